The number of Topliss-reactive ketones (excluding diaryl/α,β-unsaturated/α-hetero) is 1. The number of ketones is 1. The van der Waals surface area contributed by atoms with Gasteiger partial charge in [0.2, 0.25) is 0 Å². The number of nitrogens with zero attached hydrogens (tertiary/aromatic N) is 2. The van der Waals surface area contributed by atoms with E-state index in [0.717, 1.165) is 22.4 Å². The number of benzene rings is 3. The molecular formula is C26H20N2O2S. The van der Waals surface area contributed by atoms with E-state index in [-0.39, 0.29) is 12.4 Å². The van der Waals surface area contributed by atoms with Crippen molar-refractivity contribution in [2.45, 2.75) is 12.8 Å². The summed E-state index contributed by atoms with van der Waals surface area (Å²) >= 11 is 1.32. The SMILES string of the molecule is Cc1ccc(-c2ccc(OCC(=O)C(C#N)c3nc(-c4ccccc4)cs3)cc2)cc1. The number of thiazole rings is 1. The smallest absolute Gasteiger partial charge is 0.194 e. The number of hydrogen-bond donors (Lipinski definition) is 0. The zero-order valence-corrected chi connectivity index (χ0v) is 17.8. The van der Waals surface area contributed by atoms with Gasteiger partial charge >= 0.3 is 0 Å². The molecule has 0 radical (unpaired) electrons. The van der Waals surface area contributed by atoms with Gasteiger partial charge in [-0.3, -0.25) is 4.79 Å². The van der Waals surface area contributed by atoms with Gasteiger partial charge in [-0.2, -0.15) is 5.26 Å². The molecule has 0 saturated carbocycles. The Balaban J connectivity index is 1.40. The molecule has 0 fully saturated rings. The van der Waals surface area contributed by atoms with Crippen molar-refractivity contribution in [1.29, 1.82) is 5.26 Å². The summed E-state index contributed by atoms with van der Waals surface area (Å²) in [6.45, 7) is 1.88. The lowest BCUT2D eigenvalue weighted by Crippen LogP contribution is -2.19. The fourth-order valence-electron chi connectivity index (χ4n) is 3.15. The van der Waals surface area contributed by atoms with Crippen molar-refractivity contribution in [3.63, 3.8) is 0 Å². The van der Waals surface area contributed by atoms with Crippen LogP contribution in [-0.4, -0.2) is 17.4 Å². The molecule has 0 aliphatic heterocycles. The van der Waals surface area contributed by atoms with Crippen LogP contribution in [0.4, 0.5) is 0 Å². The number of rotatable bonds is 7. The Labute approximate surface area is 185 Å². The molecule has 4 nitrogen and oxygen atoms in total. The summed E-state index contributed by atoms with van der Waals surface area (Å²) in [6.07, 6.45) is 0. The number of aryl methyl sites for hydroxylation is 1. The summed E-state index contributed by atoms with van der Waals surface area (Å²) in [6, 6.07) is 27.6. The topological polar surface area (TPSA) is 63.0 Å². The molecular weight excluding hydrogens is 404 g/mol. The van der Waals surface area contributed by atoms with E-state index in [1.54, 1.807) is 0 Å². The maximum absolute atomic E-state index is 12.6. The van der Waals surface area contributed by atoms with E-state index in [0.29, 0.717) is 10.8 Å². The lowest BCUT2D eigenvalue weighted by molar-refractivity contribution is -0.121. The van der Waals surface area contributed by atoms with Crippen LogP contribution in [0.5, 0.6) is 5.75 Å². The summed E-state index contributed by atoms with van der Waals surface area (Å²) in [5.41, 5.74) is 5.13. The second-order valence-corrected chi connectivity index (χ2v) is 8.03. The van der Waals surface area contributed by atoms with Crippen LogP contribution in [0.3, 0.4) is 0 Å². The molecule has 31 heavy (non-hydrogen) atoms. The van der Waals surface area contributed by atoms with Gasteiger partial charge in [-0.1, -0.05) is 72.3 Å². The summed E-state index contributed by atoms with van der Waals surface area (Å²) in [5.74, 6) is -0.654. The van der Waals surface area contributed by atoms with Gasteiger partial charge in [0.05, 0.1) is 11.8 Å². The van der Waals surface area contributed by atoms with Gasteiger partial charge in [0.25, 0.3) is 0 Å². The number of aromatic nitrogens is 1. The second-order valence-electron chi connectivity index (χ2n) is 7.14. The van der Waals surface area contributed by atoms with Crippen molar-refractivity contribution in [2.75, 3.05) is 6.61 Å². The second kappa shape index (κ2) is 9.38. The van der Waals surface area contributed by atoms with Gasteiger partial charge in [0, 0.05) is 10.9 Å². The maximum Gasteiger partial charge on any atom is 0.194 e. The fourth-order valence-corrected chi connectivity index (χ4v) is 4.05. The minimum Gasteiger partial charge on any atom is -0.486 e. The quantitative estimate of drug-likeness (QED) is 0.363. The minimum atomic E-state index is -0.936. The molecule has 3 aromatic carbocycles. The number of ether oxygens (including phenoxy) is 1. The van der Waals surface area contributed by atoms with Crippen LogP contribution in [0, 0.1) is 18.3 Å². The molecule has 1 aromatic heterocycles. The van der Waals surface area contributed by atoms with E-state index in [9.17, 15) is 10.1 Å². The summed E-state index contributed by atoms with van der Waals surface area (Å²) in [5, 5.41) is 11.9. The first-order chi connectivity index (χ1) is 15.1. The van der Waals surface area contributed by atoms with Crippen LogP contribution < -0.4 is 4.74 Å². The van der Waals surface area contributed by atoms with Crippen molar-refractivity contribution >= 4 is 17.1 Å². The van der Waals surface area contributed by atoms with Crippen LogP contribution in [0.25, 0.3) is 22.4 Å². The first-order valence-corrected chi connectivity index (χ1v) is 10.7. The van der Waals surface area contributed by atoms with Crippen LogP contribution in [-0.2, 0) is 4.79 Å². The number of carbonyl (C=O) groups excluding carboxylic acids is 1. The number of hydrogen-bond acceptors (Lipinski definition) is 5. The third-order valence-corrected chi connectivity index (χ3v) is 5.82. The zero-order valence-electron chi connectivity index (χ0n) is 17.0. The molecule has 1 atom stereocenters. The summed E-state index contributed by atoms with van der Waals surface area (Å²) < 4.78 is 5.65. The summed E-state index contributed by atoms with van der Waals surface area (Å²) in [4.78, 5) is 17.1. The van der Waals surface area contributed by atoms with Crippen LogP contribution in [0.2, 0.25) is 0 Å². The first-order valence-electron chi connectivity index (χ1n) is 9.87. The largest absolute Gasteiger partial charge is 0.486 e. The Morgan fingerprint density at radius 1 is 0.968 bits per heavy atom. The predicted molar refractivity (Wildman–Crippen MR) is 123 cm³/mol. The molecule has 0 bridgehead atoms. The monoisotopic (exact) mass is 424 g/mol. The molecule has 4 aromatic rings. The molecule has 0 saturated heterocycles. The van der Waals surface area contributed by atoms with Gasteiger partial charge in [-0.05, 0) is 30.2 Å². The molecule has 4 rings (SSSR count). The van der Waals surface area contributed by atoms with Gasteiger partial charge in [-0.25, -0.2) is 4.98 Å². The van der Waals surface area contributed by atoms with E-state index < -0.39 is 5.92 Å². The molecule has 1 heterocycles. The first kappa shape index (κ1) is 20.5. The minimum absolute atomic E-state index is 0.178. The Bertz CT molecular complexity index is 1210. The lowest BCUT2D eigenvalue weighted by atomic mass is 10.0. The van der Waals surface area contributed by atoms with E-state index in [4.69, 9.17) is 4.74 Å². The molecule has 0 aliphatic rings. The van der Waals surface area contributed by atoms with Crippen molar-refractivity contribution in [3.8, 4) is 34.2 Å². The van der Waals surface area contributed by atoms with E-state index in [1.807, 2.05) is 60.0 Å². The van der Waals surface area contributed by atoms with Crippen molar-refractivity contribution < 1.29 is 9.53 Å². The highest BCUT2D eigenvalue weighted by Crippen LogP contribution is 2.27. The third kappa shape index (κ3) is 4.88. The van der Waals surface area contributed by atoms with Crippen molar-refractivity contribution in [2.24, 2.45) is 0 Å². The number of carbonyl (C=O) groups is 1. The van der Waals surface area contributed by atoms with Crippen molar-refractivity contribution in [1.82, 2.24) is 4.98 Å². The Morgan fingerprint density at radius 2 is 1.61 bits per heavy atom. The van der Waals surface area contributed by atoms with Crippen LogP contribution in [0.15, 0.2) is 84.2 Å². The number of nitriles is 1. The van der Waals surface area contributed by atoms with Gasteiger partial charge < -0.3 is 4.74 Å². The third-order valence-electron chi connectivity index (χ3n) is 4.91. The Morgan fingerprint density at radius 3 is 2.26 bits per heavy atom. The highest BCUT2D eigenvalue weighted by molar-refractivity contribution is 7.10. The maximum atomic E-state index is 12.6. The normalized spacial score (nSPS) is 11.5. The molecule has 152 valence electrons. The van der Waals surface area contributed by atoms with E-state index in [2.05, 4.69) is 42.2 Å². The molecule has 0 spiro atoms. The van der Waals surface area contributed by atoms with Gasteiger partial charge in [0.15, 0.2) is 11.7 Å². The fraction of sp³-hybridized carbons (Fsp3) is 0.115. The van der Waals surface area contributed by atoms with E-state index in [1.165, 1.54) is 16.9 Å². The average molecular weight is 425 g/mol. The van der Waals surface area contributed by atoms with Crippen molar-refractivity contribution in [3.05, 3.63) is 94.8 Å². The van der Waals surface area contributed by atoms with Gasteiger partial charge in [-0.15, -0.1) is 11.3 Å². The molecule has 0 amide bonds. The van der Waals surface area contributed by atoms with Crippen LogP contribution in [0.1, 0.15) is 16.5 Å². The standard InChI is InChI=1S/C26H20N2O2S/c1-18-7-9-19(10-8-18)20-11-13-22(14-12-20)30-16-25(29)23(15-27)26-28-24(17-31-26)21-5-3-2-4-6-21/h2-14,17,23H,16H2,1H3. The molecule has 0 N–H and O–H groups in total. The van der Waals surface area contributed by atoms with E-state index >= 15 is 0 Å². The lowest BCUT2D eigenvalue weighted by Gasteiger charge is -2.09. The highest BCUT2D eigenvalue weighted by Gasteiger charge is 2.24. The highest BCUT2D eigenvalue weighted by atomic mass is 32.1. The molecule has 5 heteroatoms. The summed E-state index contributed by atoms with van der Waals surface area (Å²) in [7, 11) is 0. The molecule has 1 unspecified atom stereocenters. The predicted octanol–water partition coefficient (Wildman–Crippen LogP) is 6.04. The Hall–Kier alpha value is -3.75. The average Bonchev–Trinajstić information content (AvgIpc) is 3.29. The zero-order chi connectivity index (χ0) is 21.6. The van der Waals surface area contributed by atoms with Gasteiger partial charge in [0.1, 0.15) is 17.4 Å². The van der Waals surface area contributed by atoms with Crippen LogP contribution >= 0.6 is 11.3 Å². The molecule has 0 aliphatic carbocycles. The Kier molecular flexibility index (Phi) is 6.21.